The van der Waals surface area contributed by atoms with Gasteiger partial charge in [0.25, 0.3) is 0 Å². The first-order chi connectivity index (χ1) is 7.72. The van der Waals surface area contributed by atoms with Crippen molar-refractivity contribution in [3.8, 4) is 0 Å². The van der Waals surface area contributed by atoms with Crippen LogP contribution in [0.15, 0.2) is 11.4 Å². The quantitative estimate of drug-likeness (QED) is 0.589. The lowest BCUT2D eigenvalue weighted by Crippen LogP contribution is -2.07. The summed E-state index contributed by atoms with van der Waals surface area (Å²) >= 11 is 1.60. The van der Waals surface area contributed by atoms with Gasteiger partial charge in [-0.05, 0) is 6.42 Å². The molecule has 0 aromatic carbocycles. The number of aromatic nitrogens is 2. The van der Waals surface area contributed by atoms with Crippen molar-refractivity contribution < 1.29 is 5.11 Å². The molecule has 0 amide bonds. The zero-order valence-corrected chi connectivity index (χ0v) is 10.8. The topological polar surface area (TPSA) is 58.0 Å². The molecule has 1 aromatic rings. The van der Waals surface area contributed by atoms with E-state index in [-0.39, 0.29) is 11.9 Å². The van der Waals surface area contributed by atoms with Crippen LogP contribution >= 0.6 is 11.8 Å². The lowest BCUT2D eigenvalue weighted by molar-refractivity contribution is 0.300. The molecule has 0 aliphatic rings. The van der Waals surface area contributed by atoms with Crippen LogP contribution < -0.4 is 5.32 Å². The predicted molar refractivity (Wildman–Crippen MR) is 68.0 cm³/mol. The Bertz CT molecular complexity index is 333. The molecule has 0 bridgehead atoms. The van der Waals surface area contributed by atoms with Gasteiger partial charge in [-0.2, -0.15) is 0 Å². The fourth-order valence-electron chi connectivity index (χ4n) is 1.42. The number of aliphatic hydroxyl groups is 1. The minimum absolute atomic E-state index is 0.162. The molecule has 90 valence electrons. The third-order valence-corrected chi connectivity index (χ3v) is 3.34. The van der Waals surface area contributed by atoms with E-state index >= 15 is 0 Å². The molecule has 1 unspecified atom stereocenters. The summed E-state index contributed by atoms with van der Waals surface area (Å²) in [4.78, 5) is 8.51. The van der Waals surface area contributed by atoms with Crippen molar-refractivity contribution in [2.75, 3.05) is 19.0 Å². The van der Waals surface area contributed by atoms with E-state index in [9.17, 15) is 0 Å². The second kappa shape index (κ2) is 6.70. The third-order valence-electron chi connectivity index (χ3n) is 2.21. The molecule has 0 saturated carbocycles. The van der Waals surface area contributed by atoms with E-state index in [1.165, 1.54) is 0 Å². The van der Waals surface area contributed by atoms with Crippen LogP contribution in [0.4, 0.5) is 5.82 Å². The van der Waals surface area contributed by atoms with Crippen LogP contribution in [0.5, 0.6) is 0 Å². The molecular formula is C11H19N3OS. The number of nitrogens with one attached hydrogen (secondary N) is 1. The van der Waals surface area contributed by atoms with Crippen molar-refractivity contribution in [1.29, 1.82) is 0 Å². The monoisotopic (exact) mass is 241 g/mol. The van der Waals surface area contributed by atoms with Crippen molar-refractivity contribution in [3.05, 3.63) is 11.9 Å². The van der Waals surface area contributed by atoms with Gasteiger partial charge in [0.2, 0.25) is 0 Å². The molecule has 1 rings (SSSR count). The van der Waals surface area contributed by atoms with Crippen molar-refractivity contribution in [1.82, 2.24) is 9.97 Å². The maximum absolute atomic E-state index is 9.06. The number of anilines is 1. The van der Waals surface area contributed by atoms with E-state index in [0.717, 1.165) is 29.2 Å². The Labute approximate surface area is 101 Å². The second-order valence-electron chi connectivity index (χ2n) is 3.62. The normalized spacial score (nSPS) is 12.5. The van der Waals surface area contributed by atoms with E-state index in [1.807, 2.05) is 14.0 Å². The average molecular weight is 241 g/mol. The summed E-state index contributed by atoms with van der Waals surface area (Å²) in [6.07, 6.45) is 3.58. The highest BCUT2D eigenvalue weighted by Crippen LogP contribution is 2.28. The summed E-state index contributed by atoms with van der Waals surface area (Å²) < 4.78 is 0. The SMILES string of the molecule is CCCc1c(NC)ncnc1SC(C)CO. The van der Waals surface area contributed by atoms with Gasteiger partial charge in [0, 0.05) is 17.9 Å². The van der Waals surface area contributed by atoms with Gasteiger partial charge in [0.1, 0.15) is 17.2 Å². The zero-order valence-electron chi connectivity index (χ0n) is 10.0. The lowest BCUT2D eigenvalue weighted by Gasteiger charge is -2.13. The Morgan fingerprint density at radius 3 is 2.81 bits per heavy atom. The first kappa shape index (κ1) is 13.3. The summed E-state index contributed by atoms with van der Waals surface area (Å²) in [7, 11) is 1.87. The number of nitrogens with zero attached hydrogens (tertiary/aromatic N) is 2. The van der Waals surface area contributed by atoms with E-state index in [2.05, 4.69) is 22.2 Å². The molecule has 1 heterocycles. The minimum Gasteiger partial charge on any atom is -0.395 e. The van der Waals surface area contributed by atoms with Gasteiger partial charge in [-0.25, -0.2) is 9.97 Å². The highest BCUT2D eigenvalue weighted by molar-refractivity contribution is 7.99. The molecule has 0 aliphatic carbocycles. The maximum Gasteiger partial charge on any atom is 0.133 e. The lowest BCUT2D eigenvalue weighted by atomic mass is 10.2. The molecule has 2 N–H and O–H groups in total. The smallest absolute Gasteiger partial charge is 0.133 e. The van der Waals surface area contributed by atoms with Gasteiger partial charge < -0.3 is 10.4 Å². The van der Waals surface area contributed by atoms with Crippen LogP contribution in [0.1, 0.15) is 25.8 Å². The van der Waals surface area contributed by atoms with Crippen molar-refractivity contribution in [3.63, 3.8) is 0 Å². The third kappa shape index (κ3) is 3.35. The van der Waals surface area contributed by atoms with Gasteiger partial charge in [0.15, 0.2) is 0 Å². The molecule has 5 heteroatoms. The zero-order chi connectivity index (χ0) is 12.0. The van der Waals surface area contributed by atoms with Gasteiger partial charge in [0.05, 0.1) is 6.61 Å². The van der Waals surface area contributed by atoms with E-state index < -0.39 is 0 Å². The first-order valence-electron chi connectivity index (χ1n) is 5.52. The molecule has 0 saturated heterocycles. The average Bonchev–Trinajstić information content (AvgIpc) is 2.31. The summed E-state index contributed by atoms with van der Waals surface area (Å²) in [6.45, 7) is 4.28. The van der Waals surface area contributed by atoms with Crippen molar-refractivity contribution in [2.24, 2.45) is 0 Å². The summed E-state index contributed by atoms with van der Waals surface area (Å²) in [5.74, 6) is 0.893. The van der Waals surface area contributed by atoms with Crippen LogP contribution in [-0.2, 0) is 6.42 Å². The number of aliphatic hydroxyl groups excluding tert-OH is 1. The Hall–Kier alpha value is -0.810. The molecule has 4 nitrogen and oxygen atoms in total. The van der Waals surface area contributed by atoms with Crippen LogP contribution in [0, 0.1) is 0 Å². The van der Waals surface area contributed by atoms with Crippen LogP contribution in [0.2, 0.25) is 0 Å². The van der Waals surface area contributed by atoms with E-state index in [1.54, 1.807) is 18.1 Å². The number of rotatable bonds is 6. The summed E-state index contributed by atoms with van der Waals surface area (Å²) in [5.41, 5.74) is 1.15. The number of thioether (sulfide) groups is 1. The molecule has 16 heavy (non-hydrogen) atoms. The maximum atomic E-state index is 9.06. The predicted octanol–water partition coefficient (Wildman–Crippen LogP) is 1.94. The number of hydrogen-bond acceptors (Lipinski definition) is 5. The van der Waals surface area contributed by atoms with E-state index in [4.69, 9.17) is 5.11 Å². The Morgan fingerprint density at radius 1 is 1.50 bits per heavy atom. The largest absolute Gasteiger partial charge is 0.395 e. The molecular weight excluding hydrogens is 222 g/mol. The summed E-state index contributed by atoms with van der Waals surface area (Å²) in [5, 5.41) is 13.3. The molecule has 1 atom stereocenters. The van der Waals surface area contributed by atoms with Crippen molar-refractivity contribution in [2.45, 2.75) is 37.0 Å². The molecule has 1 aromatic heterocycles. The second-order valence-corrected chi connectivity index (χ2v) is 5.04. The number of hydrogen-bond donors (Lipinski definition) is 2. The first-order valence-corrected chi connectivity index (χ1v) is 6.40. The van der Waals surface area contributed by atoms with Gasteiger partial charge in [-0.3, -0.25) is 0 Å². The van der Waals surface area contributed by atoms with Crippen LogP contribution in [0.3, 0.4) is 0 Å². The molecule has 0 aliphatic heterocycles. The molecule has 0 radical (unpaired) electrons. The fraction of sp³-hybridized carbons (Fsp3) is 0.636. The molecule has 0 fully saturated rings. The van der Waals surface area contributed by atoms with Crippen LogP contribution in [-0.4, -0.2) is 34.0 Å². The Kier molecular flexibility index (Phi) is 5.55. The molecule has 0 spiro atoms. The Balaban J connectivity index is 2.96. The van der Waals surface area contributed by atoms with Gasteiger partial charge in [-0.15, -0.1) is 11.8 Å². The highest BCUT2D eigenvalue weighted by Gasteiger charge is 2.12. The fourth-order valence-corrected chi connectivity index (χ4v) is 2.32. The van der Waals surface area contributed by atoms with Crippen LogP contribution in [0.25, 0.3) is 0 Å². The van der Waals surface area contributed by atoms with E-state index in [0.29, 0.717) is 0 Å². The Morgan fingerprint density at radius 2 is 2.25 bits per heavy atom. The van der Waals surface area contributed by atoms with Gasteiger partial charge >= 0.3 is 0 Å². The van der Waals surface area contributed by atoms with Gasteiger partial charge in [-0.1, -0.05) is 20.3 Å². The standard InChI is InChI=1S/C11H19N3OS/c1-4-5-9-10(12-3)13-7-14-11(9)16-8(2)6-15/h7-8,15H,4-6H2,1-3H3,(H,12,13,14). The minimum atomic E-state index is 0.162. The van der Waals surface area contributed by atoms with Crippen molar-refractivity contribution >= 4 is 17.6 Å². The highest BCUT2D eigenvalue weighted by atomic mass is 32.2. The summed E-state index contributed by atoms with van der Waals surface area (Å²) in [6, 6.07) is 0.